The Kier molecular flexibility index (Phi) is 4.13. The summed E-state index contributed by atoms with van der Waals surface area (Å²) in [5.74, 6) is -1.15. The molecule has 52 valence electrons. The molecule has 9 heavy (non-hydrogen) atoms. The third-order valence-corrected chi connectivity index (χ3v) is 0.904. The summed E-state index contributed by atoms with van der Waals surface area (Å²) in [7, 11) is 0. The molecule has 0 atom stereocenters. The van der Waals surface area contributed by atoms with Crippen LogP contribution in [0.15, 0.2) is 0 Å². The van der Waals surface area contributed by atoms with Gasteiger partial charge >= 0.3 is 11.9 Å². The van der Waals surface area contributed by atoms with Crippen LogP contribution in [0.4, 0.5) is 0 Å². The van der Waals surface area contributed by atoms with Gasteiger partial charge in [-0.15, -0.1) is 0 Å². The highest BCUT2D eigenvalue weighted by atomic mass is 32.1. The second kappa shape index (κ2) is 4.38. The molecule has 0 N–H and O–H groups in total. The largest absolute Gasteiger partial charge is 0.393 e. The fourth-order valence-electron chi connectivity index (χ4n) is 0.231. The van der Waals surface area contributed by atoms with Crippen molar-refractivity contribution in [3.63, 3.8) is 0 Å². The smallest absolute Gasteiger partial charge is 0.323 e. The predicted molar refractivity (Wildman–Crippen MR) is 35.2 cm³/mol. The third-order valence-electron chi connectivity index (χ3n) is 0.645. The quantitative estimate of drug-likeness (QED) is 0.350. The molecular weight excluding hydrogens is 140 g/mol. The first-order valence-corrected chi connectivity index (χ1v) is 3.18. The predicted octanol–water partition coefficient (Wildman–Crippen LogP) is 0.396. The average molecular weight is 148 g/mol. The van der Waals surface area contributed by atoms with E-state index < -0.39 is 11.9 Å². The van der Waals surface area contributed by atoms with Gasteiger partial charge in [-0.05, 0) is 0 Å². The minimum atomic E-state index is -0.592. The van der Waals surface area contributed by atoms with Gasteiger partial charge < -0.3 is 4.74 Å². The van der Waals surface area contributed by atoms with E-state index in [1.54, 1.807) is 6.92 Å². The van der Waals surface area contributed by atoms with Gasteiger partial charge in [0.25, 0.3) is 0 Å². The highest BCUT2D eigenvalue weighted by molar-refractivity contribution is 7.81. The highest BCUT2D eigenvalue weighted by Crippen LogP contribution is 1.86. The molecule has 0 radical (unpaired) electrons. The van der Waals surface area contributed by atoms with Gasteiger partial charge in [-0.3, -0.25) is 9.59 Å². The second-order valence-electron chi connectivity index (χ2n) is 1.36. The number of hydrogen-bond acceptors (Lipinski definition) is 4. The van der Waals surface area contributed by atoms with E-state index in [4.69, 9.17) is 0 Å². The summed E-state index contributed by atoms with van der Waals surface area (Å²) in [5, 5.41) is 0. The molecule has 0 spiro atoms. The van der Waals surface area contributed by atoms with E-state index in [2.05, 4.69) is 17.4 Å². The summed E-state index contributed by atoms with van der Waals surface area (Å²) < 4.78 is 4.19. The van der Waals surface area contributed by atoms with Crippen LogP contribution in [-0.2, 0) is 14.3 Å². The van der Waals surface area contributed by atoms with Crippen molar-refractivity contribution >= 4 is 24.6 Å². The normalized spacial score (nSPS) is 8.67. The molecule has 0 aromatic heterocycles. The summed E-state index contributed by atoms with van der Waals surface area (Å²) in [5.41, 5.74) is 0. The topological polar surface area (TPSA) is 43.4 Å². The first-order valence-electron chi connectivity index (χ1n) is 2.55. The van der Waals surface area contributed by atoms with Gasteiger partial charge in [-0.25, -0.2) is 0 Å². The summed E-state index contributed by atoms with van der Waals surface area (Å²) in [4.78, 5) is 20.6. The van der Waals surface area contributed by atoms with Crippen LogP contribution in [0.1, 0.15) is 13.3 Å². The van der Waals surface area contributed by atoms with E-state index in [0.29, 0.717) is 0 Å². The van der Waals surface area contributed by atoms with Crippen LogP contribution in [-0.4, -0.2) is 17.7 Å². The van der Waals surface area contributed by atoms with Crippen molar-refractivity contribution in [1.82, 2.24) is 0 Å². The van der Waals surface area contributed by atoms with Crippen molar-refractivity contribution in [3.05, 3.63) is 0 Å². The standard InChI is InChI=1S/C5H8O3S/c1-2-4(6)8-5(7)3-9/h9H,2-3H2,1H3. The second-order valence-corrected chi connectivity index (χ2v) is 1.67. The first-order chi connectivity index (χ1) is 4.20. The summed E-state index contributed by atoms with van der Waals surface area (Å²) >= 11 is 3.60. The molecule has 0 amide bonds. The molecule has 0 heterocycles. The maximum Gasteiger partial charge on any atom is 0.323 e. The number of ether oxygens (including phenoxy) is 1. The number of carbonyl (C=O) groups is 2. The van der Waals surface area contributed by atoms with E-state index in [1.807, 2.05) is 0 Å². The number of rotatable bonds is 2. The Labute approximate surface area is 58.8 Å². The number of thiol groups is 1. The third kappa shape index (κ3) is 4.02. The van der Waals surface area contributed by atoms with Crippen LogP contribution in [0.25, 0.3) is 0 Å². The van der Waals surface area contributed by atoms with Crippen LogP contribution in [0.2, 0.25) is 0 Å². The van der Waals surface area contributed by atoms with Gasteiger partial charge in [0.15, 0.2) is 0 Å². The van der Waals surface area contributed by atoms with Crippen molar-refractivity contribution in [2.24, 2.45) is 0 Å². The van der Waals surface area contributed by atoms with Gasteiger partial charge in [-0.1, -0.05) is 6.92 Å². The monoisotopic (exact) mass is 148 g/mol. The molecule has 0 aliphatic carbocycles. The van der Waals surface area contributed by atoms with Crippen molar-refractivity contribution in [3.8, 4) is 0 Å². The van der Waals surface area contributed by atoms with E-state index in [-0.39, 0.29) is 12.2 Å². The lowest BCUT2D eigenvalue weighted by atomic mass is 10.5. The number of carbonyl (C=O) groups excluding carboxylic acids is 2. The van der Waals surface area contributed by atoms with Crippen LogP contribution < -0.4 is 0 Å². The lowest BCUT2D eigenvalue weighted by Crippen LogP contribution is -2.11. The van der Waals surface area contributed by atoms with Crippen molar-refractivity contribution in [2.75, 3.05) is 5.75 Å². The molecule has 0 aromatic rings. The Morgan fingerprint density at radius 3 is 2.33 bits per heavy atom. The molecule has 0 unspecified atom stereocenters. The van der Waals surface area contributed by atoms with E-state index in [9.17, 15) is 9.59 Å². The molecule has 4 heteroatoms. The average Bonchev–Trinajstić information content (AvgIpc) is 1.87. The van der Waals surface area contributed by atoms with Gasteiger partial charge in [0.1, 0.15) is 0 Å². The van der Waals surface area contributed by atoms with Crippen molar-refractivity contribution < 1.29 is 14.3 Å². The summed E-state index contributed by atoms with van der Waals surface area (Å²) in [6.45, 7) is 1.62. The lowest BCUT2D eigenvalue weighted by molar-refractivity contribution is -0.157. The van der Waals surface area contributed by atoms with Crippen LogP contribution in [0.5, 0.6) is 0 Å². The van der Waals surface area contributed by atoms with E-state index in [0.717, 1.165) is 0 Å². The van der Waals surface area contributed by atoms with Crippen LogP contribution in [0, 0.1) is 0 Å². The Morgan fingerprint density at radius 1 is 1.44 bits per heavy atom. The van der Waals surface area contributed by atoms with Crippen LogP contribution >= 0.6 is 12.6 Å². The molecule has 0 saturated heterocycles. The molecule has 3 nitrogen and oxygen atoms in total. The number of esters is 2. The maximum atomic E-state index is 10.3. The Bertz CT molecular complexity index is 107. The summed E-state index contributed by atoms with van der Waals surface area (Å²) in [6.07, 6.45) is 0.222. The molecule has 0 rings (SSSR count). The Morgan fingerprint density at radius 2 is 2.00 bits per heavy atom. The Hall–Kier alpha value is -0.510. The molecular formula is C5H8O3S. The zero-order valence-corrected chi connectivity index (χ0v) is 5.98. The SMILES string of the molecule is CCC(=O)OC(=O)CS. The van der Waals surface area contributed by atoms with E-state index in [1.165, 1.54) is 0 Å². The zero-order chi connectivity index (χ0) is 7.28. The van der Waals surface area contributed by atoms with Gasteiger partial charge in [0.05, 0.1) is 5.75 Å². The minimum Gasteiger partial charge on any atom is -0.393 e. The highest BCUT2D eigenvalue weighted by Gasteiger charge is 2.03. The fraction of sp³-hybridized carbons (Fsp3) is 0.600. The lowest BCUT2D eigenvalue weighted by Gasteiger charge is -1.95. The Balaban J connectivity index is 3.47. The van der Waals surface area contributed by atoms with Gasteiger partial charge in [0.2, 0.25) is 0 Å². The first kappa shape index (κ1) is 8.49. The van der Waals surface area contributed by atoms with Gasteiger partial charge in [-0.2, -0.15) is 12.6 Å². The van der Waals surface area contributed by atoms with E-state index >= 15 is 0 Å². The van der Waals surface area contributed by atoms with Crippen molar-refractivity contribution in [2.45, 2.75) is 13.3 Å². The van der Waals surface area contributed by atoms with Gasteiger partial charge in [0, 0.05) is 6.42 Å². The fourth-order valence-corrected chi connectivity index (χ4v) is 0.296. The van der Waals surface area contributed by atoms with Crippen LogP contribution in [0.3, 0.4) is 0 Å². The number of hydrogen-bond donors (Lipinski definition) is 1. The molecule has 0 aromatic carbocycles. The molecule has 0 bridgehead atoms. The summed E-state index contributed by atoms with van der Waals surface area (Å²) in [6, 6.07) is 0. The molecule has 0 saturated carbocycles. The maximum absolute atomic E-state index is 10.3. The van der Waals surface area contributed by atoms with Crippen molar-refractivity contribution in [1.29, 1.82) is 0 Å². The molecule has 0 fully saturated rings. The minimum absolute atomic E-state index is 0.0499. The zero-order valence-electron chi connectivity index (χ0n) is 5.09. The molecule has 0 aliphatic heterocycles. The molecule has 0 aliphatic rings.